The third kappa shape index (κ3) is 4.81. The second kappa shape index (κ2) is 10.2. The number of aromatic nitrogens is 2. The first-order valence-corrected chi connectivity index (χ1v) is 12.5. The number of benzene rings is 1. The van der Waals surface area contributed by atoms with Crippen LogP contribution in [0, 0.1) is 0 Å². The Balaban J connectivity index is 1.12. The van der Waals surface area contributed by atoms with Gasteiger partial charge in [0.05, 0.1) is 6.10 Å². The minimum atomic E-state index is -0.802. The molecule has 1 aromatic carbocycles. The number of carboxylic acids is 1. The molecule has 0 aliphatic carbocycles. The lowest BCUT2D eigenvalue weighted by Crippen LogP contribution is -2.33. The van der Waals surface area contributed by atoms with Gasteiger partial charge in [0, 0.05) is 56.1 Å². The topological polar surface area (TPSA) is 79.6 Å². The van der Waals surface area contributed by atoms with E-state index < -0.39 is 12.0 Å². The number of likely N-dealkylation sites (tertiary alicyclic amines) is 1. The van der Waals surface area contributed by atoms with Crippen LogP contribution < -0.4 is 5.32 Å². The van der Waals surface area contributed by atoms with Crippen LogP contribution in [0.1, 0.15) is 48.5 Å². The van der Waals surface area contributed by atoms with Crippen molar-refractivity contribution in [2.24, 2.45) is 7.05 Å². The van der Waals surface area contributed by atoms with Gasteiger partial charge in [0.2, 0.25) is 0 Å². The largest absolute Gasteiger partial charge is 0.480 e. The summed E-state index contributed by atoms with van der Waals surface area (Å²) in [5, 5.41) is 14.5. The number of pyridine rings is 1. The van der Waals surface area contributed by atoms with Crippen molar-refractivity contribution in [1.29, 1.82) is 0 Å². The fraction of sp³-hybridized carbons (Fsp3) is 0.481. The van der Waals surface area contributed by atoms with E-state index in [1.165, 1.54) is 12.0 Å². The van der Waals surface area contributed by atoms with Crippen molar-refractivity contribution in [2.45, 2.75) is 50.7 Å². The molecule has 2 aliphatic heterocycles. The van der Waals surface area contributed by atoms with Gasteiger partial charge in [-0.25, -0.2) is 4.98 Å². The fourth-order valence-corrected chi connectivity index (χ4v) is 5.34. The first kappa shape index (κ1) is 22.9. The first-order chi connectivity index (χ1) is 16.6. The number of fused-ring (bicyclic) bond motifs is 2. The second-order valence-electron chi connectivity index (χ2n) is 9.52. The van der Waals surface area contributed by atoms with Crippen LogP contribution in [-0.2, 0) is 29.4 Å². The molecule has 0 amide bonds. The van der Waals surface area contributed by atoms with Gasteiger partial charge in [-0.1, -0.05) is 18.2 Å². The number of aryl methyl sites for hydroxylation is 3. The Morgan fingerprint density at radius 3 is 3.06 bits per heavy atom. The normalized spacial score (nSPS) is 19.1. The maximum absolute atomic E-state index is 12.3. The summed E-state index contributed by atoms with van der Waals surface area (Å²) in [4.78, 5) is 19.1. The summed E-state index contributed by atoms with van der Waals surface area (Å²) in [7, 11) is 1.99. The number of carboxylic acid groups (broad SMARTS) is 1. The average Bonchev–Trinajstić information content (AvgIpc) is 3.46. The highest BCUT2D eigenvalue weighted by Gasteiger charge is 2.35. The highest BCUT2D eigenvalue weighted by Crippen LogP contribution is 2.32. The predicted molar refractivity (Wildman–Crippen MR) is 133 cm³/mol. The number of hydrogen-bond acceptors (Lipinski definition) is 5. The summed E-state index contributed by atoms with van der Waals surface area (Å²) in [5.74, 6) is 0.259. The van der Waals surface area contributed by atoms with Gasteiger partial charge in [0.25, 0.3) is 0 Å². The van der Waals surface area contributed by atoms with Gasteiger partial charge < -0.3 is 19.7 Å². The SMILES string of the molecule is Cn1ccc2c(C(C(=O)O)N3CC[C@@H](OCCCCc4ccc5c(n4)NCCC5)C3)cccc21. The molecule has 7 nitrogen and oxygen atoms in total. The van der Waals surface area contributed by atoms with Gasteiger partial charge in [-0.15, -0.1) is 0 Å². The number of ether oxygens (including phenoxy) is 1. The molecule has 7 heteroatoms. The summed E-state index contributed by atoms with van der Waals surface area (Å²) in [5.41, 5.74) is 4.38. The van der Waals surface area contributed by atoms with Crippen molar-refractivity contribution in [2.75, 3.05) is 31.6 Å². The van der Waals surface area contributed by atoms with Crippen LogP contribution in [0.2, 0.25) is 0 Å². The zero-order valence-corrected chi connectivity index (χ0v) is 19.9. The predicted octanol–water partition coefficient (Wildman–Crippen LogP) is 4.17. The van der Waals surface area contributed by atoms with E-state index in [4.69, 9.17) is 9.72 Å². The molecule has 2 N–H and O–H groups in total. The molecule has 0 bridgehead atoms. The Hall–Kier alpha value is -2.90. The van der Waals surface area contributed by atoms with Gasteiger partial charge in [-0.2, -0.15) is 0 Å². The molecule has 2 aromatic heterocycles. The van der Waals surface area contributed by atoms with E-state index in [1.54, 1.807) is 0 Å². The zero-order chi connectivity index (χ0) is 23.5. The molecule has 1 saturated heterocycles. The second-order valence-corrected chi connectivity index (χ2v) is 9.52. The third-order valence-electron chi connectivity index (χ3n) is 7.16. The number of rotatable bonds is 9. The van der Waals surface area contributed by atoms with Crippen molar-refractivity contribution in [3.63, 3.8) is 0 Å². The molecule has 1 unspecified atom stereocenters. The lowest BCUT2D eigenvalue weighted by atomic mass is 10.0. The summed E-state index contributed by atoms with van der Waals surface area (Å²) < 4.78 is 8.18. The van der Waals surface area contributed by atoms with Crippen molar-refractivity contribution < 1.29 is 14.6 Å². The fourth-order valence-electron chi connectivity index (χ4n) is 5.34. The molecule has 4 heterocycles. The molecule has 1 fully saturated rings. The van der Waals surface area contributed by atoms with Crippen molar-refractivity contribution in [3.05, 3.63) is 59.4 Å². The van der Waals surface area contributed by atoms with Crippen molar-refractivity contribution in [3.8, 4) is 0 Å². The number of unbranched alkanes of at least 4 members (excludes halogenated alkanes) is 1. The molecule has 2 atom stereocenters. The van der Waals surface area contributed by atoms with Crippen LogP contribution in [0.4, 0.5) is 5.82 Å². The number of carbonyl (C=O) groups is 1. The monoisotopic (exact) mass is 462 g/mol. The maximum atomic E-state index is 12.3. The first-order valence-electron chi connectivity index (χ1n) is 12.5. The number of anilines is 1. The molecule has 180 valence electrons. The summed E-state index contributed by atoms with van der Waals surface area (Å²) >= 11 is 0. The third-order valence-corrected chi connectivity index (χ3v) is 7.16. The molecule has 5 rings (SSSR count). The van der Waals surface area contributed by atoms with Crippen LogP contribution >= 0.6 is 0 Å². The molecular weight excluding hydrogens is 428 g/mol. The van der Waals surface area contributed by atoms with Gasteiger partial charge >= 0.3 is 5.97 Å². The standard InChI is InChI=1S/C27H34N4O3/c1-30-15-13-22-23(8-4-9-24(22)30)25(27(32)33)31-16-12-21(18-31)34-17-3-2-7-20-11-10-19-6-5-14-28-26(19)29-20/h4,8-11,13,15,21,25H,2-3,5-7,12,14,16-18H2,1H3,(H,28,29)(H,32,33)/t21-,25?/m1/s1. The van der Waals surface area contributed by atoms with E-state index in [0.29, 0.717) is 13.2 Å². The zero-order valence-electron chi connectivity index (χ0n) is 19.9. The molecule has 0 radical (unpaired) electrons. The van der Waals surface area contributed by atoms with Crippen LogP contribution in [0.5, 0.6) is 0 Å². The Bertz CT molecular complexity index is 1160. The summed E-state index contributed by atoms with van der Waals surface area (Å²) in [6.07, 6.45) is 8.21. The molecule has 3 aromatic rings. The Kier molecular flexibility index (Phi) is 6.83. The smallest absolute Gasteiger partial charge is 0.325 e. The Labute approximate surface area is 200 Å². The van der Waals surface area contributed by atoms with Gasteiger partial charge in [0.15, 0.2) is 0 Å². The van der Waals surface area contributed by atoms with Gasteiger partial charge in [-0.3, -0.25) is 9.69 Å². The Morgan fingerprint density at radius 1 is 1.26 bits per heavy atom. The van der Waals surface area contributed by atoms with Crippen LogP contribution in [0.3, 0.4) is 0 Å². The minimum Gasteiger partial charge on any atom is -0.480 e. The quantitative estimate of drug-likeness (QED) is 0.465. The van der Waals surface area contributed by atoms with E-state index in [0.717, 1.165) is 73.2 Å². The molecule has 2 aliphatic rings. The summed E-state index contributed by atoms with van der Waals surface area (Å²) in [6.45, 7) is 3.10. The van der Waals surface area contributed by atoms with E-state index in [9.17, 15) is 9.90 Å². The number of nitrogens with zero attached hydrogens (tertiary/aromatic N) is 3. The molecule has 34 heavy (non-hydrogen) atoms. The maximum Gasteiger partial charge on any atom is 0.325 e. The number of hydrogen-bond donors (Lipinski definition) is 2. The molecule has 0 spiro atoms. The lowest BCUT2D eigenvalue weighted by molar-refractivity contribution is -0.143. The lowest BCUT2D eigenvalue weighted by Gasteiger charge is -2.25. The number of nitrogens with one attached hydrogen (secondary N) is 1. The average molecular weight is 463 g/mol. The molecule has 0 saturated carbocycles. The van der Waals surface area contributed by atoms with Crippen LogP contribution in [0.25, 0.3) is 10.9 Å². The van der Waals surface area contributed by atoms with E-state index in [2.05, 4.69) is 22.3 Å². The molecular formula is C27H34N4O3. The minimum absolute atomic E-state index is 0.0860. The Morgan fingerprint density at radius 2 is 2.18 bits per heavy atom. The van der Waals surface area contributed by atoms with Gasteiger partial charge in [-0.05, 0) is 67.9 Å². The van der Waals surface area contributed by atoms with Gasteiger partial charge in [0.1, 0.15) is 11.9 Å². The number of aliphatic carboxylic acids is 1. The van der Waals surface area contributed by atoms with E-state index in [-0.39, 0.29) is 6.10 Å². The summed E-state index contributed by atoms with van der Waals surface area (Å²) in [6, 6.07) is 11.7. The van der Waals surface area contributed by atoms with Crippen LogP contribution in [-0.4, -0.2) is 57.9 Å². The highest BCUT2D eigenvalue weighted by atomic mass is 16.5. The highest BCUT2D eigenvalue weighted by molar-refractivity contribution is 5.89. The van der Waals surface area contributed by atoms with E-state index in [1.807, 2.05) is 42.1 Å². The van der Waals surface area contributed by atoms with E-state index >= 15 is 0 Å². The van der Waals surface area contributed by atoms with Crippen LogP contribution in [0.15, 0.2) is 42.6 Å². The van der Waals surface area contributed by atoms with Crippen molar-refractivity contribution in [1.82, 2.24) is 14.5 Å². The van der Waals surface area contributed by atoms with Crippen molar-refractivity contribution >= 4 is 22.7 Å².